The van der Waals surface area contributed by atoms with Crippen molar-refractivity contribution in [3.8, 4) is 11.3 Å². The number of benzene rings is 1. The molecular weight excluding hydrogens is 312 g/mol. The topological polar surface area (TPSA) is 13.1 Å². The molecule has 0 fully saturated rings. The minimum absolute atomic E-state index is 0.546. The minimum Gasteiger partial charge on any atom is -0.457 e. The van der Waals surface area contributed by atoms with E-state index in [9.17, 15) is 0 Å². The maximum absolute atomic E-state index is 5.84. The van der Waals surface area contributed by atoms with Gasteiger partial charge in [-0.05, 0) is 36.8 Å². The van der Waals surface area contributed by atoms with Crippen LogP contribution in [0.4, 0.5) is 0 Å². The summed E-state index contributed by atoms with van der Waals surface area (Å²) in [6, 6.07) is 12.0. The summed E-state index contributed by atoms with van der Waals surface area (Å²) in [5.41, 5.74) is 2.25. The van der Waals surface area contributed by atoms with Crippen LogP contribution in [-0.2, 0) is 0 Å². The fourth-order valence-corrected chi connectivity index (χ4v) is 2.17. The monoisotopic (exact) mass is 324 g/mol. The molecule has 1 aromatic carbocycles. The van der Waals surface area contributed by atoms with Crippen molar-refractivity contribution in [1.82, 2.24) is 0 Å². The molecule has 0 amide bonds. The van der Waals surface area contributed by atoms with Crippen molar-refractivity contribution in [2.75, 3.05) is 5.88 Å². The van der Waals surface area contributed by atoms with Gasteiger partial charge in [0.1, 0.15) is 11.5 Å². The van der Waals surface area contributed by atoms with E-state index in [2.05, 4.69) is 22.9 Å². The Morgan fingerprint density at radius 3 is 2.56 bits per heavy atom. The first-order valence-corrected chi connectivity index (χ1v) is 7.17. The van der Waals surface area contributed by atoms with Crippen LogP contribution < -0.4 is 0 Å². The lowest BCUT2D eigenvalue weighted by molar-refractivity contribution is 0.571. The smallest absolute Gasteiger partial charge is 0.134 e. The van der Waals surface area contributed by atoms with Crippen LogP contribution in [0, 0.1) is 0 Å². The Morgan fingerprint density at radius 2 is 1.94 bits per heavy atom. The van der Waals surface area contributed by atoms with Gasteiger partial charge in [-0.25, -0.2) is 0 Å². The van der Waals surface area contributed by atoms with Crippen molar-refractivity contribution < 1.29 is 4.42 Å². The highest BCUT2D eigenvalue weighted by Crippen LogP contribution is 2.25. The van der Waals surface area contributed by atoms with E-state index in [-0.39, 0.29) is 0 Å². The van der Waals surface area contributed by atoms with E-state index >= 15 is 0 Å². The summed E-state index contributed by atoms with van der Waals surface area (Å²) in [6.45, 7) is 2.09. The second-order valence-corrected chi connectivity index (χ2v) is 5.18. The van der Waals surface area contributed by atoms with Crippen LogP contribution >= 0.6 is 27.5 Å². The summed E-state index contributed by atoms with van der Waals surface area (Å²) >= 11 is 9.26. The van der Waals surface area contributed by atoms with E-state index in [1.165, 1.54) is 5.57 Å². The Balaban J connectivity index is 2.25. The predicted molar refractivity (Wildman–Crippen MR) is 80.8 cm³/mol. The molecule has 1 nitrogen and oxygen atoms in total. The Labute approximate surface area is 121 Å². The van der Waals surface area contributed by atoms with Gasteiger partial charge in [0.15, 0.2) is 0 Å². The SMILES string of the molecule is CCC(=Cc1ccc(-c2ccc(Br)cc2)o1)CCl. The zero-order valence-corrected chi connectivity index (χ0v) is 12.5. The molecule has 0 N–H and O–H groups in total. The molecule has 0 atom stereocenters. The first-order valence-electron chi connectivity index (χ1n) is 5.84. The van der Waals surface area contributed by atoms with Crippen molar-refractivity contribution in [3.63, 3.8) is 0 Å². The third kappa shape index (κ3) is 3.27. The lowest BCUT2D eigenvalue weighted by Gasteiger charge is -1.98. The molecule has 1 aromatic heterocycles. The molecule has 0 radical (unpaired) electrons. The largest absolute Gasteiger partial charge is 0.457 e. The predicted octanol–water partition coefficient (Wildman–Crippen LogP) is 5.74. The Morgan fingerprint density at radius 1 is 1.22 bits per heavy atom. The van der Waals surface area contributed by atoms with Gasteiger partial charge in [-0.3, -0.25) is 0 Å². The first kappa shape index (κ1) is 13.4. The molecule has 0 spiro atoms. The average Bonchev–Trinajstić information content (AvgIpc) is 2.85. The van der Waals surface area contributed by atoms with Gasteiger partial charge < -0.3 is 4.42 Å². The normalized spacial score (nSPS) is 11.8. The molecule has 0 aliphatic carbocycles. The Kier molecular flexibility index (Phi) is 4.67. The highest BCUT2D eigenvalue weighted by Gasteiger charge is 2.03. The number of halogens is 2. The Bertz CT molecular complexity index is 534. The molecule has 18 heavy (non-hydrogen) atoms. The van der Waals surface area contributed by atoms with Crippen LogP contribution in [0.25, 0.3) is 17.4 Å². The van der Waals surface area contributed by atoms with Crippen LogP contribution in [0.5, 0.6) is 0 Å². The van der Waals surface area contributed by atoms with E-state index in [1.807, 2.05) is 42.5 Å². The molecule has 0 unspecified atom stereocenters. The first-order chi connectivity index (χ1) is 8.72. The Hall–Kier alpha value is -0.990. The van der Waals surface area contributed by atoms with E-state index < -0.39 is 0 Å². The van der Waals surface area contributed by atoms with Gasteiger partial charge >= 0.3 is 0 Å². The second kappa shape index (κ2) is 6.26. The van der Waals surface area contributed by atoms with Crippen LogP contribution in [0.1, 0.15) is 19.1 Å². The van der Waals surface area contributed by atoms with Crippen LogP contribution in [0.3, 0.4) is 0 Å². The van der Waals surface area contributed by atoms with Gasteiger partial charge in [-0.15, -0.1) is 11.6 Å². The molecule has 2 rings (SSSR count). The number of rotatable bonds is 4. The van der Waals surface area contributed by atoms with Crippen LogP contribution in [-0.4, -0.2) is 5.88 Å². The highest BCUT2D eigenvalue weighted by atomic mass is 79.9. The average molecular weight is 326 g/mol. The molecule has 3 heteroatoms. The maximum atomic E-state index is 5.84. The lowest BCUT2D eigenvalue weighted by atomic mass is 10.2. The summed E-state index contributed by atoms with van der Waals surface area (Å²) in [5, 5.41) is 0. The van der Waals surface area contributed by atoms with E-state index in [0.29, 0.717) is 5.88 Å². The van der Waals surface area contributed by atoms with Crippen molar-refractivity contribution >= 4 is 33.6 Å². The summed E-state index contributed by atoms with van der Waals surface area (Å²) < 4.78 is 6.86. The molecule has 2 aromatic rings. The van der Waals surface area contributed by atoms with E-state index in [1.54, 1.807) is 0 Å². The quantitative estimate of drug-likeness (QED) is 0.653. The van der Waals surface area contributed by atoms with E-state index in [4.69, 9.17) is 16.0 Å². The van der Waals surface area contributed by atoms with Crippen molar-refractivity contribution in [3.05, 3.63) is 52.2 Å². The van der Waals surface area contributed by atoms with Gasteiger partial charge in [-0.1, -0.05) is 40.6 Å². The van der Waals surface area contributed by atoms with Crippen LogP contribution in [0.2, 0.25) is 0 Å². The van der Waals surface area contributed by atoms with Gasteiger partial charge in [0.25, 0.3) is 0 Å². The van der Waals surface area contributed by atoms with Gasteiger partial charge in [-0.2, -0.15) is 0 Å². The summed E-state index contributed by atoms with van der Waals surface area (Å²) in [4.78, 5) is 0. The number of allylic oxidation sites excluding steroid dienone is 1. The summed E-state index contributed by atoms with van der Waals surface area (Å²) in [5.74, 6) is 2.27. The van der Waals surface area contributed by atoms with E-state index in [0.717, 1.165) is 28.0 Å². The van der Waals surface area contributed by atoms with Gasteiger partial charge in [0, 0.05) is 15.9 Å². The highest BCUT2D eigenvalue weighted by molar-refractivity contribution is 9.10. The zero-order valence-electron chi connectivity index (χ0n) is 10.1. The van der Waals surface area contributed by atoms with Crippen molar-refractivity contribution in [2.24, 2.45) is 0 Å². The number of furan rings is 1. The summed E-state index contributed by atoms with van der Waals surface area (Å²) in [6.07, 6.45) is 2.95. The molecule has 94 valence electrons. The van der Waals surface area contributed by atoms with Crippen LogP contribution in [0.15, 0.2) is 50.9 Å². The second-order valence-electron chi connectivity index (χ2n) is 4.00. The number of alkyl halides is 1. The fourth-order valence-electron chi connectivity index (χ4n) is 1.64. The van der Waals surface area contributed by atoms with Crippen molar-refractivity contribution in [1.29, 1.82) is 0 Å². The molecule has 0 aliphatic rings. The third-order valence-corrected chi connectivity index (χ3v) is 3.60. The van der Waals surface area contributed by atoms with Gasteiger partial charge in [0.2, 0.25) is 0 Å². The minimum atomic E-state index is 0.546. The number of hydrogen-bond acceptors (Lipinski definition) is 1. The van der Waals surface area contributed by atoms with Crippen molar-refractivity contribution in [2.45, 2.75) is 13.3 Å². The molecule has 0 aliphatic heterocycles. The molecule has 1 heterocycles. The standard InChI is InChI=1S/C15H14BrClO/c1-2-11(10-17)9-14-7-8-15(18-14)12-3-5-13(16)6-4-12/h3-9H,2,10H2,1H3. The lowest BCUT2D eigenvalue weighted by Crippen LogP contribution is -1.80. The fraction of sp³-hybridized carbons (Fsp3) is 0.200. The number of hydrogen-bond donors (Lipinski definition) is 0. The maximum Gasteiger partial charge on any atom is 0.134 e. The molecular formula is C15H14BrClO. The summed E-state index contributed by atoms with van der Waals surface area (Å²) in [7, 11) is 0. The molecule has 0 saturated carbocycles. The third-order valence-electron chi connectivity index (χ3n) is 2.73. The van der Waals surface area contributed by atoms with Gasteiger partial charge in [0.05, 0.1) is 0 Å². The molecule has 0 saturated heterocycles. The molecule has 0 bridgehead atoms. The zero-order chi connectivity index (χ0) is 13.0.